The number of benzene rings is 1. The molecular weight excluding hydrogens is 357 g/mol. The second-order valence-corrected chi connectivity index (χ2v) is 7.57. The lowest BCUT2D eigenvalue weighted by molar-refractivity contribution is -0.126. The van der Waals surface area contributed by atoms with Crippen molar-refractivity contribution in [2.75, 3.05) is 7.11 Å². The molecule has 0 N–H and O–H groups in total. The smallest absolute Gasteiger partial charge is 0.217 e. The first-order chi connectivity index (χ1) is 13.5. The minimum absolute atomic E-state index is 0.228. The average Bonchev–Trinajstić information content (AvgIpc) is 3.13. The van der Waals surface area contributed by atoms with Crippen LogP contribution in [0.15, 0.2) is 30.5 Å². The maximum Gasteiger partial charge on any atom is 0.217 e. The summed E-state index contributed by atoms with van der Waals surface area (Å²) in [5, 5.41) is 4.72. The molecule has 0 saturated heterocycles. The summed E-state index contributed by atoms with van der Waals surface area (Å²) in [6.45, 7) is 4.59. The Hall–Kier alpha value is -2.76. The molecule has 0 bridgehead atoms. The number of methoxy groups -OCH3 is 1. The van der Waals surface area contributed by atoms with Gasteiger partial charge in [-0.25, -0.2) is 9.37 Å². The third-order valence-electron chi connectivity index (χ3n) is 5.90. The largest absolute Gasteiger partial charge is 0.481 e. The first-order valence-electron chi connectivity index (χ1n) is 9.72. The quantitative estimate of drug-likeness (QED) is 0.659. The molecular formula is C22H24FN3O2. The summed E-state index contributed by atoms with van der Waals surface area (Å²) in [4.78, 5) is 17.3. The van der Waals surface area contributed by atoms with Crippen LogP contribution in [0.5, 0.6) is 5.88 Å². The molecule has 4 rings (SSSR count). The van der Waals surface area contributed by atoms with E-state index in [-0.39, 0.29) is 11.6 Å². The van der Waals surface area contributed by atoms with E-state index in [1.54, 1.807) is 18.0 Å². The maximum atomic E-state index is 14.6. The van der Waals surface area contributed by atoms with Gasteiger partial charge in [-0.2, -0.15) is 5.10 Å². The van der Waals surface area contributed by atoms with Crippen molar-refractivity contribution in [3.05, 3.63) is 41.8 Å². The standard InChI is InChI=1S/C22H24FN3O2/c1-4-26-19-12-14(11-17(23)15(19)13-24-26)18-9-8-16(21(25-18)28-3)22(2)10-6-5-7-20(22)27/h8-9,11-13H,4-7,10H2,1-3H3/t22-/m1/s1. The Morgan fingerprint density at radius 1 is 1.29 bits per heavy atom. The Bertz CT molecular complexity index is 1060. The maximum absolute atomic E-state index is 14.6. The van der Waals surface area contributed by atoms with Crippen LogP contribution in [0, 0.1) is 5.82 Å². The fraction of sp³-hybridized carbons (Fsp3) is 0.409. The van der Waals surface area contributed by atoms with Gasteiger partial charge in [0.05, 0.1) is 35.3 Å². The van der Waals surface area contributed by atoms with Gasteiger partial charge in [-0.05, 0) is 44.9 Å². The topological polar surface area (TPSA) is 57.0 Å². The third-order valence-corrected chi connectivity index (χ3v) is 5.90. The van der Waals surface area contributed by atoms with Crippen LogP contribution in [0.1, 0.15) is 45.1 Å². The highest BCUT2D eigenvalue weighted by Gasteiger charge is 2.39. The number of carbonyl (C=O) groups excluding carboxylic acids is 1. The van der Waals surface area contributed by atoms with Crippen LogP contribution < -0.4 is 4.74 Å². The lowest BCUT2D eigenvalue weighted by atomic mass is 9.70. The molecule has 1 aliphatic rings. The molecule has 0 amide bonds. The highest BCUT2D eigenvalue weighted by molar-refractivity contribution is 5.91. The molecule has 3 aromatic rings. The summed E-state index contributed by atoms with van der Waals surface area (Å²) in [7, 11) is 1.56. The fourth-order valence-electron chi connectivity index (χ4n) is 4.18. The van der Waals surface area contributed by atoms with Crippen LogP contribution >= 0.6 is 0 Å². The molecule has 1 atom stereocenters. The van der Waals surface area contributed by atoms with Crippen LogP contribution in [0.3, 0.4) is 0 Å². The summed E-state index contributed by atoms with van der Waals surface area (Å²) in [5.41, 5.74) is 2.23. The predicted octanol–water partition coefficient (Wildman–Crippen LogP) is 4.67. The van der Waals surface area contributed by atoms with Gasteiger partial charge >= 0.3 is 0 Å². The summed E-state index contributed by atoms with van der Waals surface area (Å²) < 4.78 is 21.9. The lowest BCUT2D eigenvalue weighted by Gasteiger charge is -2.33. The van der Waals surface area contributed by atoms with Gasteiger partial charge in [-0.3, -0.25) is 9.48 Å². The molecule has 2 aromatic heterocycles. The molecule has 0 aliphatic heterocycles. The van der Waals surface area contributed by atoms with Crippen LogP contribution in [0.25, 0.3) is 22.2 Å². The molecule has 1 saturated carbocycles. The number of ether oxygens (including phenoxy) is 1. The van der Waals surface area contributed by atoms with Gasteiger partial charge < -0.3 is 4.74 Å². The number of hydrogen-bond acceptors (Lipinski definition) is 4. The molecule has 6 heteroatoms. The summed E-state index contributed by atoms with van der Waals surface area (Å²) in [5.74, 6) is 0.331. The van der Waals surface area contributed by atoms with E-state index in [1.807, 2.05) is 32.0 Å². The molecule has 28 heavy (non-hydrogen) atoms. The van der Waals surface area contributed by atoms with Crippen molar-refractivity contribution in [1.82, 2.24) is 14.8 Å². The Morgan fingerprint density at radius 2 is 2.11 bits per heavy atom. The molecule has 146 valence electrons. The van der Waals surface area contributed by atoms with Gasteiger partial charge in [0.1, 0.15) is 11.6 Å². The van der Waals surface area contributed by atoms with E-state index in [1.165, 1.54) is 6.07 Å². The molecule has 1 fully saturated rings. The Balaban J connectivity index is 1.82. The van der Waals surface area contributed by atoms with Gasteiger partial charge in [0.15, 0.2) is 0 Å². The van der Waals surface area contributed by atoms with E-state index < -0.39 is 5.41 Å². The molecule has 1 aliphatic carbocycles. The highest BCUT2D eigenvalue weighted by atomic mass is 19.1. The number of halogens is 1. The monoisotopic (exact) mass is 381 g/mol. The minimum Gasteiger partial charge on any atom is -0.481 e. The summed E-state index contributed by atoms with van der Waals surface area (Å²) >= 11 is 0. The molecule has 5 nitrogen and oxygen atoms in total. The number of rotatable bonds is 4. The normalized spacial score (nSPS) is 19.9. The number of Topliss-reactive ketones (excluding diaryl/α,β-unsaturated/α-hetero) is 1. The number of fused-ring (bicyclic) bond motifs is 1. The summed E-state index contributed by atoms with van der Waals surface area (Å²) in [6, 6.07) is 7.12. The van der Waals surface area contributed by atoms with Gasteiger partial charge in [0.2, 0.25) is 5.88 Å². The molecule has 0 unspecified atom stereocenters. The Kier molecular flexibility index (Phi) is 4.65. The molecule has 0 radical (unpaired) electrons. The fourth-order valence-corrected chi connectivity index (χ4v) is 4.18. The van der Waals surface area contributed by atoms with Crippen LogP contribution in [-0.2, 0) is 16.8 Å². The predicted molar refractivity (Wildman–Crippen MR) is 106 cm³/mol. The van der Waals surface area contributed by atoms with E-state index in [0.29, 0.717) is 35.5 Å². The van der Waals surface area contributed by atoms with Crippen LogP contribution in [0.4, 0.5) is 4.39 Å². The van der Waals surface area contributed by atoms with Crippen molar-refractivity contribution >= 4 is 16.7 Å². The number of aryl methyl sites for hydroxylation is 1. The van der Waals surface area contributed by atoms with Crippen molar-refractivity contribution in [3.63, 3.8) is 0 Å². The lowest BCUT2D eigenvalue weighted by Crippen LogP contribution is -2.36. The summed E-state index contributed by atoms with van der Waals surface area (Å²) in [6.07, 6.45) is 4.87. The van der Waals surface area contributed by atoms with Crippen LogP contribution in [-0.4, -0.2) is 27.7 Å². The Morgan fingerprint density at radius 3 is 2.82 bits per heavy atom. The van der Waals surface area contributed by atoms with E-state index >= 15 is 0 Å². The zero-order valence-corrected chi connectivity index (χ0v) is 16.5. The van der Waals surface area contributed by atoms with Gasteiger partial charge in [-0.1, -0.05) is 12.5 Å². The van der Waals surface area contributed by atoms with Crippen molar-refractivity contribution in [2.45, 2.75) is 51.5 Å². The first kappa shape index (κ1) is 18.6. The second kappa shape index (κ2) is 7.00. The zero-order chi connectivity index (χ0) is 19.9. The molecule has 2 heterocycles. The zero-order valence-electron chi connectivity index (χ0n) is 16.5. The van der Waals surface area contributed by atoms with E-state index in [9.17, 15) is 9.18 Å². The number of aromatic nitrogens is 3. The Labute approximate surface area is 163 Å². The van der Waals surface area contributed by atoms with E-state index in [2.05, 4.69) is 10.1 Å². The van der Waals surface area contributed by atoms with Crippen LogP contribution in [0.2, 0.25) is 0 Å². The van der Waals surface area contributed by atoms with E-state index in [4.69, 9.17) is 4.74 Å². The third kappa shape index (κ3) is 2.87. The molecule has 0 spiro atoms. The van der Waals surface area contributed by atoms with Gasteiger partial charge in [0, 0.05) is 24.1 Å². The highest BCUT2D eigenvalue weighted by Crippen LogP contribution is 2.41. The number of hydrogen-bond donors (Lipinski definition) is 0. The number of ketones is 1. The van der Waals surface area contributed by atoms with Gasteiger partial charge in [0.25, 0.3) is 0 Å². The van der Waals surface area contributed by atoms with Crippen molar-refractivity contribution in [3.8, 4) is 17.1 Å². The second-order valence-electron chi connectivity index (χ2n) is 7.57. The number of nitrogens with zero attached hydrogens (tertiary/aromatic N) is 3. The van der Waals surface area contributed by atoms with Crippen molar-refractivity contribution < 1.29 is 13.9 Å². The first-order valence-corrected chi connectivity index (χ1v) is 9.72. The van der Waals surface area contributed by atoms with E-state index in [0.717, 1.165) is 30.3 Å². The number of carbonyl (C=O) groups is 1. The van der Waals surface area contributed by atoms with Crippen molar-refractivity contribution in [2.24, 2.45) is 0 Å². The minimum atomic E-state index is -0.578. The van der Waals surface area contributed by atoms with Crippen molar-refractivity contribution in [1.29, 1.82) is 0 Å². The average molecular weight is 381 g/mol. The molecule has 1 aromatic carbocycles. The van der Waals surface area contributed by atoms with Gasteiger partial charge in [-0.15, -0.1) is 0 Å². The SMILES string of the molecule is CCn1ncc2c(F)cc(-c3ccc([C@@]4(C)CCCCC4=O)c(OC)n3)cc21. The number of pyridine rings is 1.